The van der Waals surface area contributed by atoms with Gasteiger partial charge in [0.15, 0.2) is 9.84 Å². The summed E-state index contributed by atoms with van der Waals surface area (Å²) in [6.45, 7) is 0.127. The molecule has 2 heterocycles. The zero-order valence-corrected chi connectivity index (χ0v) is 18.9. The third kappa shape index (κ3) is 4.14. The van der Waals surface area contributed by atoms with Gasteiger partial charge in [-0.1, -0.05) is 12.8 Å². The van der Waals surface area contributed by atoms with Crippen molar-refractivity contribution in [2.24, 2.45) is 5.92 Å². The molecular weight excluding hydrogens is 454 g/mol. The predicted octanol–water partition coefficient (Wildman–Crippen LogP) is 2.07. The van der Waals surface area contributed by atoms with Crippen LogP contribution in [0.3, 0.4) is 0 Å². The van der Waals surface area contributed by atoms with Gasteiger partial charge in [-0.15, -0.1) is 0 Å². The maximum atomic E-state index is 14.8. The van der Waals surface area contributed by atoms with Gasteiger partial charge in [0.05, 0.1) is 23.5 Å². The molecule has 2 N–H and O–H groups in total. The van der Waals surface area contributed by atoms with E-state index in [1.54, 1.807) is 0 Å². The second kappa shape index (κ2) is 7.61. The number of rotatable bonds is 6. The molecule has 11 heteroatoms. The Hall–Kier alpha value is -2.82. The molecule has 0 unspecified atom stereocenters. The number of nitrogens with zero attached hydrogens (tertiary/aromatic N) is 2. The van der Waals surface area contributed by atoms with Gasteiger partial charge in [-0.05, 0) is 43.2 Å². The molecule has 1 aliphatic heterocycles. The number of aromatic nitrogens is 2. The average molecular weight is 479 g/mol. The lowest BCUT2D eigenvalue weighted by molar-refractivity contribution is -0.113. The molecule has 0 saturated heterocycles. The van der Waals surface area contributed by atoms with Gasteiger partial charge in [-0.3, -0.25) is 14.3 Å². The van der Waals surface area contributed by atoms with E-state index >= 15 is 0 Å². The van der Waals surface area contributed by atoms with Crippen molar-refractivity contribution in [3.63, 3.8) is 0 Å². The first-order valence-electron chi connectivity index (χ1n) is 10.9. The number of carbonyl (C=O) groups excluding carboxylic acids is 2. The molecule has 1 atom stereocenters. The summed E-state index contributed by atoms with van der Waals surface area (Å²) in [5, 5.41) is 10.1. The number of hydrogen-bond donors (Lipinski definition) is 2. The van der Waals surface area contributed by atoms with Crippen molar-refractivity contribution >= 4 is 27.3 Å². The molecule has 5 rings (SSSR count). The van der Waals surface area contributed by atoms with Crippen molar-refractivity contribution in [3.05, 3.63) is 46.3 Å². The normalized spacial score (nSPS) is 21.6. The number of fused-ring (bicyclic) bond motifs is 3. The minimum absolute atomic E-state index is 0.115. The van der Waals surface area contributed by atoms with Crippen molar-refractivity contribution in [2.75, 3.05) is 17.3 Å². The van der Waals surface area contributed by atoms with Crippen molar-refractivity contribution < 1.29 is 26.8 Å². The van der Waals surface area contributed by atoms with Crippen LogP contribution in [-0.4, -0.2) is 42.0 Å². The molecule has 2 aliphatic carbocycles. The van der Waals surface area contributed by atoms with Gasteiger partial charge in [0.2, 0.25) is 5.91 Å². The summed E-state index contributed by atoms with van der Waals surface area (Å²) in [5.74, 6) is -2.80. The molecule has 2 aromatic rings. The van der Waals surface area contributed by atoms with E-state index in [1.807, 2.05) is 0 Å². The van der Waals surface area contributed by atoms with Crippen LogP contribution >= 0.6 is 0 Å². The standard InChI is InChI=1S/C22H24F2N4O4S/c1-33(31,32)10-17(29)25-19-16(5-4-12-2-3-12)27-28-11-22(26-21(30)20(19)28)7-6-13-8-14(23)9-15(24)18(13)22/h8-9,12H,2-7,10-11H2,1H3,(H,25,29)(H,26,30)/t22-/m0/s1. The Morgan fingerprint density at radius 3 is 2.79 bits per heavy atom. The highest BCUT2D eigenvalue weighted by Crippen LogP contribution is 2.43. The Morgan fingerprint density at radius 1 is 1.33 bits per heavy atom. The SMILES string of the molecule is CS(=O)(=O)CC(=O)Nc1c(CCC2CC2)nn2c1C(=O)N[C@@]1(CCc3cc(F)cc(F)c31)C2. The molecule has 33 heavy (non-hydrogen) atoms. The lowest BCUT2D eigenvalue weighted by Gasteiger charge is -2.36. The summed E-state index contributed by atoms with van der Waals surface area (Å²) in [6.07, 6.45) is 5.37. The van der Waals surface area contributed by atoms with Crippen LogP contribution in [-0.2, 0) is 39.6 Å². The number of hydrogen-bond acceptors (Lipinski definition) is 5. The molecule has 1 aromatic heterocycles. The summed E-state index contributed by atoms with van der Waals surface area (Å²) in [4.78, 5) is 25.6. The highest BCUT2D eigenvalue weighted by molar-refractivity contribution is 7.91. The Kier molecular flexibility index (Phi) is 5.07. The first kappa shape index (κ1) is 22.0. The number of amides is 2. The second-order valence-corrected chi connectivity index (χ2v) is 11.5. The first-order valence-corrected chi connectivity index (χ1v) is 13.0. The van der Waals surface area contributed by atoms with E-state index in [9.17, 15) is 26.8 Å². The highest BCUT2D eigenvalue weighted by Gasteiger charge is 2.48. The Morgan fingerprint density at radius 2 is 2.09 bits per heavy atom. The van der Waals surface area contributed by atoms with Crippen molar-refractivity contribution in [2.45, 2.75) is 50.6 Å². The molecule has 2 amide bonds. The number of anilines is 1. The summed E-state index contributed by atoms with van der Waals surface area (Å²) in [5.41, 5.74) is 0.535. The predicted molar refractivity (Wildman–Crippen MR) is 115 cm³/mol. The van der Waals surface area contributed by atoms with E-state index in [0.717, 1.165) is 31.6 Å². The van der Waals surface area contributed by atoms with E-state index in [0.29, 0.717) is 36.4 Å². The lowest BCUT2D eigenvalue weighted by Crippen LogP contribution is -2.53. The van der Waals surface area contributed by atoms with E-state index in [2.05, 4.69) is 15.7 Å². The Bertz CT molecular complexity index is 1290. The van der Waals surface area contributed by atoms with Crippen LogP contribution in [0.1, 0.15) is 53.0 Å². The van der Waals surface area contributed by atoms with Crippen LogP contribution in [0, 0.1) is 17.6 Å². The molecule has 3 aliphatic rings. The fourth-order valence-electron chi connectivity index (χ4n) is 5.01. The van der Waals surface area contributed by atoms with Gasteiger partial charge in [0.25, 0.3) is 5.91 Å². The number of halogens is 2. The Labute approximate surface area is 189 Å². The van der Waals surface area contributed by atoms with Gasteiger partial charge in [-0.25, -0.2) is 17.2 Å². The van der Waals surface area contributed by atoms with Gasteiger partial charge in [-0.2, -0.15) is 5.10 Å². The topological polar surface area (TPSA) is 110 Å². The number of nitrogens with one attached hydrogen (secondary N) is 2. The van der Waals surface area contributed by atoms with Gasteiger partial charge in [0, 0.05) is 17.9 Å². The highest BCUT2D eigenvalue weighted by atomic mass is 32.2. The molecule has 8 nitrogen and oxygen atoms in total. The first-order chi connectivity index (χ1) is 15.5. The van der Waals surface area contributed by atoms with Gasteiger partial charge in [0.1, 0.15) is 23.1 Å². The summed E-state index contributed by atoms with van der Waals surface area (Å²) < 4.78 is 53.1. The zero-order valence-electron chi connectivity index (χ0n) is 18.1. The third-order valence-corrected chi connectivity index (χ3v) is 7.38. The molecule has 0 bridgehead atoms. The maximum Gasteiger partial charge on any atom is 0.272 e. The Balaban J connectivity index is 1.53. The molecular formula is C22H24F2N4O4S. The van der Waals surface area contributed by atoms with Gasteiger partial charge < -0.3 is 10.6 Å². The van der Waals surface area contributed by atoms with E-state index < -0.39 is 44.6 Å². The third-order valence-electron chi connectivity index (χ3n) is 6.59. The molecule has 176 valence electrons. The fourth-order valence-corrected chi connectivity index (χ4v) is 5.56. The quantitative estimate of drug-likeness (QED) is 0.661. The smallest absolute Gasteiger partial charge is 0.272 e. The monoisotopic (exact) mass is 478 g/mol. The van der Waals surface area contributed by atoms with E-state index in [-0.39, 0.29) is 23.5 Å². The summed E-state index contributed by atoms with van der Waals surface area (Å²) in [6, 6.07) is 2.10. The van der Waals surface area contributed by atoms with Crippen molar-refractivity contribution in [1.29, 1.82) is 0 Å². The number of carbonyl (C=O) groups is 2. The summed E-state index contributed by atoms with van der Waals surface area (Å²) >= 11 is 0. The van der Waals surface area contributed by atoms with Crippen LogP contribution in [0.15, 0.2) is 12.1 Å². The van der Waals surface area contributed by atoms with E-state index in [1.165, 1.54) is 10.7 Å². The fraction of sp³-hybridized carbons (Fsp3) is 0.500. The van der Waals surface area contributed by atoms with Crippen LogP contribution in [0.4, 0.5) is 14.5 Å². The van der Waals surface area contributed by atoms with Gasteiger partial charge >= 0.3 is 0 Å². The van der Waals surface area contributed by atoms with Crippen LogP contribution < -0.4 is 10.6 Å². The zero-order chi connectivity index (χ0) is 23.5. The molecule has 0 radical (unpaired) electrons. The number of benzene rings is 1. The molecule has 1 fully saturated rings. The average Bonchev–Trinajstić information content (AvgIpc) is 3.37. The van der Waals surface area contributed by atoms with Crippen molar-refractivity contribution in [1.82, 2.24) is 15.1 Å². The van der Waals surface area contributed by atoms with Crippen LogP contribution in [0.5, 0.6) is 0 Å². The van der Waals surface area contributed by atoms with Crippen LogP contribution in [0.2, 0.25) is 0 Å². The van der Waals surface area contributed by atoms with E-state index in [4.69, 9.17) is 0 Å². The minimum atomic E-state index is -3.56. The number of aryl methyl sites for hydroxylation is 2. The lowest BCUT2D eigenvalue weighted by atomic mass is 9.89. The minimum Gasteiger partial charge on any atom is -0.339 e. The maximum absolute atomic E-state index is 14.8. The molecule has 1 aromatic carbocycles. The van der Waals surface area contributed by atoms with Crippen LogP contribution in [0.25, 0.3) is 0 Å². The molecule has 1 saturated carbocycles. The van der Waals surface area contributed by atoms with Crippen molar-refractivity contribution in [3.8, 4) is 0 Å². The molecule has 1 spiro atoms. The summed E-state index contributed by atoms with van der Waals surface area (Å²) in [7, 11) is -3.56. The largest absolute Gasteiger partial charge is 0.339 e. The number of sulfone groups is 1. The second-order valence-electron chi connectivity index (χ2n) is 9.39.